The zero-order valence-electron chi connectivity index (χ0n) is 20.4. The standard InChI is InChI=1S/C27H28ClFN4O3S/c1-37(35,36)25-15-30-24-10-9-17(18-12-22(28)27(34)23(29)13-18)11-21(24)26(25)32-19-14-31-33(16-19)20-7-5-3-2-4-6-8-20/h9-16,20,34H,2-8H2,1H3,(H,30,32). The summed E-state index contributed by atoms with van der Waals surface area (Å²) in [5.74, 6) is -1.46. The lowest BCUT2D eigenvalue weighted by atomic mass is 9.97. The van der Waals surface area contributed by atoms with E-state index in [4.69, 9.17) is 11.6 Å². The van der Waals surface area contributed by atoms with Crippen LogP contribution in [-0.2, 0) is 9.84 Å². The van der Waals surface area contributed by atoms with Crippen molar-refractivity contribution in [3.63, 3.8) is 0 Å². The van der Waals surface area contributed by atoms with E-state index in [1.807, 2.05) is 10.9 Å². The van der Waals surface area contributed by atoms with Gasteiger partial charge in [-0.05, 0) is 48.2 Å². The molecule has 5 rings (SSSR count). The lowest BCUT2D eigenvalue weighted by Crippen LogP contribution is -2.11. The minimum absolute atomic E-state index is 0.0470. The molecular formula is C27H28ClFN4O3S. The molecule has 1 saturated carbocycles. The molecule has 0 spiro atoms. The molecule has 37 heavy (non-hydrogen) atoms. The van der Waals surface area contributed by atoms with Gasteiger partial charge in [0.1, 0.15) is 4.90 Å². The van der Waals surface area contributed by atoms with Gasteiger partial charge >= 0.3 is 0 Å². The van der Waals surface area contributed by atoms with Gasteiger partial charge in [0.15, 0.2) is 21.4 Å². The van der Waals surface area contributed by atoms with E-state index in [1.165, 1.54) is 50.4 Å². The number of halogens is 2. The summed E-state index contributed by atoms with van der Waals surface area (Å²) >= 11 is 5.99. The topological polar surface area (TPSA) is 97.1 Å². The number of aromatic nitrogens is 3. The highest BCUT2D eigenvalue weighted by Gasteiger charge is 2.20. The van der Waals surface area contributed by atoms with Crippen LogP contribution in [-0.4, -0.2) is 34.5 Å². The summed E-state index contributed by atoms with van der Waals surface area (Å²) < 4.78 is 41.6. The number of benzene rings is 2. The molecule has 0 saturated heterocycles. The molecule has 4 aromatic rings. The number of aromatic hydroxyl groups is 1. The maximum atomic E-state index is 14.2. The van der Waals surface area contributed by atoms with Gasteiger partial charge in [0.25, 0.3) is 0 Å². The fourth-order valence-electron chi connectivity index (χ4n) is 4.94. The average Bonchev–Trinajstić information content (AvgIpc) is 3.29. The molecule has 0 radical (unpaired) electrons. The first-order valence-electron chi connectivity index (χ1n) is 12.3. The van der Waals surface area contributed by atoms with E-state index in [0.717, 1.165) is 19.1 Å². The van der Waals surface area contributed by atoms with Crippen molar-refractivity contribution in [3.8, 4) is 16.9 Å². The van der Waals surface area contributed by atoms with E-state index in [0.29, 0.717) is 39.4 Å². The lowest BCUT2D eigenvalue weighted by molar-refractivity contribution is 0.348. The summed E-state index contributed by atoms with van der Waals surface area (Å²) in [6.07, 6.45) is 14.4. The molecule has 2 heterocycles. The van der Waals surface area contributed by atoms with Crippen LogP contribution in [0.2, 0.25) is 5.02 Å². The Morgan fingerprint density at radius 2 is 1.78 bits per heavy atom. The molecule has 1 fully saturated rings. The summed E-state index contributed by atoms with van der Waals surface area (Å²) in [5.41, 5.74) is 2.64. The second-order valence-electron chi connectivity index (χ2n) is 9.62. The highest BCUT2D eigenvalue weighted by atomic mass is 35.5. The molecule has 1 aliphatic rings. The van der Waals surface area contributed by atoms with Gasteiger partial charge in [-0.25, -0.2) is 12.8 Å². The van der Waals surface area contributed by atoms with Crippen LogP contribution < -0.4 is 5.32 Å². The predicted molar refractivity (Wildman–Crippen MR) is 144 cm³/mol. The summed E-state index contributed by atoms with van der Waals surface area (Å²) in [4.78, 5) is 4.40. The van der Waals surface area contributed by atoms with Gasteiger partial charge in [-0.2, -0.15) is 5.10 Å². The van der Waals surface area contributed by atoms with Crippen molar-refractivity contribution in [2.45, 2.75) is 55.9 Å². The minimum atomic E-state index is -3.63. The first kappa shape index (κ1) is 25.5. The Morgan fingerprint density at radius 1 is 1.05 bits per heavy atom. The van der Waals surface area contributed by atoms with Crippen molar-refractivity contribution in [2.24, 2.45) is 0 Å². The number of rotatable bonds is 5. The number of phenolic OH excluding ortho intramolecular Hbond substituents is 1. The molecule has 0 amide bonds. The second-order valence-corrected chi connectivity index (χ2v) is 12.0. The maximum absolute atomic E-state index is 14.2. The van der Waals surface area contributed by atoms with Gasteiger partial charge in [0.2, 0.25) is 0 Å². The van der Waals surface area contributed by atoms with E-state index in [1.54, 1.807) is 24.4 Å². The van der Waals surface area contributed by atoms with Crippen molar-refractivity contribution in [2.75, 3.05) is 11.6 Å². The van der Waals surface area contributed by atoms with Crippen LogP contribution in [0.1, 0.15) is 51.0 Å². The fourth-order valence-corrected chi connectivity index (χ4v) is 5.93. The van der Waals surface area contributed by atoms with Gasteiger partial charge < -0.3 is 10.4 Å². The molecule has 2 N–H and O–H groups in total. The van der Waals surface area contributed by atoms with E-state index in [-0.39, 0.29) is 9.92 Å². The Balaban J connectivity index is 1.58. The van der Waals surface area contributed by atoms with Gasteiger partial charge in [0.05, 0.1) is 34.2 Å². The van der Waals surface area contributed by atoms with Crippen LogP contribution in [0.5, 0.6) is 5.75 Å². The van der Waals surface area contributed by atoms with Crippen LogP contribution in [0, 0.1) is 5.82 Å². The minimum Gasteiger partial charge on any atom is -0.504 e. The van der Waals surface area contributed by atoms with Crippen LogP contribution in [0.15, 0.2) is 53.8 Å². The largest absolute Gasteiger partial charge is 0.504 e. The summed E-state index contributed by atoms with van der Waals surface area (Å²) in [6.45, 7) is 0. The Hall–Kier alpha value is -3.17. The van der Waals surface area contributed by atoms with E-state index < -0.39 is 21.4 Å². The highest BCUT2D eigenvalue weighted by Crippen LogP contribution is 2.37. The van der Waals surface area contributed by atoms with Crippen molar-refractivity contribution >= 4 is 43.7 Å². The molecule has 1 aliphatic carbocycles. The van der Waals surface area contributed by atoms with Gasteiger partial charge in [-0.15, -0.1) is 0 Å². The monoisotopic (exact) mass is 542 g/mol. The van der Waals surface area contributed by atoms with Crippen molar-refractivity contribution < 1.29 is 17.9 Å². The number of nitrogens with one attached hydrogen (secondary N) is 1. The molecule has 0 atom stereocenters. The molecule has 10 heteroatoms. The smallest absolute Gasteiger partial charge is 0.179 e. The zero-order valence-corrected chi connectivity index (χ0v) is 22.0. The second kappa shape index (κ2) is 10.3. The number of pyridine rings is 1. The third kappa shape index (κ3) is 5.43. The Kier molecular flexibility index (Phi) is 7.09. The van der Waals surface area contributed by atoms with Crippen LogP contribution in [0.4, 0.5) is 15.8 Å². The maximum Gasteiger partial charge on any atom is 0.179 e. The van der Waals surface area contributed by atoms with E-state index in [9.17, 15) is 17.9 Å². The van der Waals surface area contributed by atoms with Crippen LogP contribution in [0.25, 0.3) is 22.0 Å². The first-order valence-corrected chi connectivity index (χ1v) is 14.6. The van der Waals surface area contributed by atoms with Gasteiger partial charge in [0, 0.05) is 24.0 Å². The zero-order chi connectivity index (χ0) is 26.2. The number of fused-ring (bicyclic) bond motifs is 1. The number of sulfone groups is 1. The van der Waals surface area contributed by atoms with Gasteiger partial charge in [-0.1, -0.05) is 49.8 Å². The summed E-state index contributed by atoms with van der Waals surface area (Å²) in [5, 5.41) is 18.0. The molecule has 2 aromatic heterocycles. The third-order valence-electron chi connectivity index (χ3n) is 6.90. The van der Waals surface area contributed by atoms with E-state index >= 15 is 0 Å². The molecular weight excluding hydrogens is 515 g/mol. The highest BCUT2D eigenvalue weighted by molar-refractivity contribution is 7.90. The number of anilines is 2. The Labute approximate surface area is 220 Å². The van der Waals surface area contributed by atoms with Crippen LogP contribution >= 0.6 is 11.6 Å². The molecule has 7 nitrogen and oxygen atoms in total. The number of hydrogen-bond donors (Lipinski definition) is 2. The van der Waals surface area contributed by atoms with Gasteiger partial charge in [-0.3, -0.25) is 9.67 Å². The van der Waals surface area contributed by atoms with Crippen molar-refractivity contribution in [1.29, 1.82) is 0 Å². The molecule has 0 unspecified atom stereocenters. The van der Waals surface area contributed by atoms with Crippen LogP contribution in [0.3, 0.4) is 0 Å². The SMILES string of the molecule is CS(=O)(=O)c1cnc2ccc(-c3cc(F)c(O)c(Cl)c3)cc2c1Nc1cnn(C2CCCCCCC2)c1. The lowest BCUT2D eigenvalue weighted by Gasteiger charge is -2.20. The third-order valence-corrected chi connectivity index (χ3v) is 8.30. The first-order chi connectivity index (χ1) is 17.7. The molecule has 0 bridgehead atoms. The van der Waals surface area contributed by atoms with Crippen molar-refractivity contribution in [3.05, 3.63) is 59.8 Å². The molecule has 0 aliphatic heterocycles. The molecule has 194 valence electrons. The fraction of sp³-hybridized carbons (Fsp3) is 0.333. The summed E-state index contributed by atoms with van der Waals surface area (Å²) in [7, 11) is -3.63. The number of hydrogen-bond acceptors (Lipinski definition) is 6. The number of nitrogens with zero attached hydrogens (tertiary/aromatic N) is 3. The predicted octanol–water partition coefficient (Wildman–Crippen LogP) is 7.03. The van der Waals surface area contributed by atoms with Crippen molar-refractivity contribution in [1.82, 2.24) is 14.8 Å². The Morgan fingerprint density at radius 3 is 2.49 bits per heavy atom. The normalized spacial score (nSPS) is 15.4. The molecule has 2 aromatic carbocycles. The average molecular weight is 543 g/mol. The quantitative estimate of drug-likeness (QED) is 0.281. The number of phenols is 1. The summed E-state index contributed by atoms with van der Waals surface area (Å²) in [6, 6.07) is 8.18. The van der Waals surface area contributed by atoms with E-state index in [2.05, 4.69) is 15.4 Å². The Bertz CT molecular complexity index is 1540.